The van der Waals surface area contributed by atoms with Gasteiger partial charge in [0.1, 0.15) is 6.04 Å². The summed E-state index contributed by atoms with van der Waals surface area (Å²) in [4.78, 5) is 23.5. The maximum absolute atomic E-state index is 11.2. The highest BCUT2D eigenvalue weighted by Gasteiger charge is 2.34. The van der Waals surface area contributed by atoms with Gasteiger partial charge in [-0.3, -0.25) is 14.5 Å². The van der Waals surface area contributed by atoms with Crippen molar-refractivity contribution in [2.24, 2.45) is 0 Å². The van der Waals surface area contributed by atoms with Gasteiger partial charge in [0.15, 0.2) is 0 Å². The third kappa shape index (κ3) is 1.86. The summed E-state index contributed by atoms with van der Waals surface area (Å²) in [6, 6.07) is 1.44. The number of amides is 2. The molecule has 0 aromatic heterocycles. The van der Waals surface area contributed by atoms with Gasteiger partial charge in [0.25, 0.3) is 0 Å². The molecule has 4 nitrogen and oxygen atoms in total. The summed E-state index contributed by atoms with van der Waals surface area (Å²) in [5, 5.41) is 8.76. The molecule has 0 bridgehead atoms. The predicted octanol–water partition coefficient (Wildman–Crippen LogP) is 0.828. The molecule has 13 heavy (non-hydrogen) atoms. The van der Waals surface area contributed by atoms with E-state index in [2.05, 4.69) is 0 Å². The molecule has 1 heterocycles. The minimum Gasteiger partial charge on any atom is -0.274 e. The number of imide groups is 1. The maximum Gasteiger partial charge on any atom is 0.230 e. The first-order chi connectivity index (χ1) is 6.20. The topological polar surface area (TPSA) is 61.2 Å². The summed E-state index contributed by atoms with van der Waals surface area (Å²) >= 11 is 0. The SMILES string of the molecule is CCCC(C#N)N1C(=O)CCC1=O. The van der Waals surface area contributed by atoms with Crippen LogP contribution in [0.1, 0.15) is 32.6 Å². The average molecular weight is 180 g/mol. The van der Waals surface area contributed by atoms with Crippen LogP contribution in [0.3, 0.4) is 0 Å². The second kappa shape index (κ2) is 4.04. The Bertz CT molecular complexity index is 251. The van der Waals surface area contributed by atoms with Crippen LogP contribution in [0.25, 0.3) is 0 Å². The van der Waals surface area contributed by atoms with Gasteiger partial charge in [-0.05, 0) is 6.42 Å². The summed E-state index contributed by atoms with van der Waals surface area (Å²) in [6.45, 7) is 1.93. The minimum atomic E-state index is -0.549. The van der Waals surface area contributed by atoms with Crippen LogP contribution in [0.5, 0.6) is 0 Å². The lowest BCUT2D eigenvalue weighted by molar-refractivity contribution is -0.139. The quantitative estimate of drug-likeness (QED) is 0.604. The van der Waals surface area contributed by atoms with Gasteiger partial charge in [-0.25, -0.2) is 0 Å². The van der Waals surface area contributed by atoms with Crippen molar-refractivity contribution in [3.63, 3.8) is 0 Å². The summed E-state index contributed by atoms with van der Waals surface area (Å²) in [6.07, 6.45) is 1.91. The van der Waals surface area contributed by atoms with E-state index in [-0.39, 0.29) is 24.7 Å². The minimum absolute atomic E-state index is 0.204. The molecule has 1 saturated heterocycles. The number of nitriles is 1. The molecular formula is C9H12N2O2. The van der Waals surface area contributed by atoms with Crippen molar-refractivity contribution >= 4 is 11.8 Å². The highest BCUT2D eigenvalue weighted by molar-refractivity contribution is 6.02. The third-order valence-electron chi connectivity index (χ3n) is 2.11. The van der Waals surface area contributed by atoms with E-state index in [1.165, 1.54) is 0 Å². The smallest absolute Gasteiger partial charge is 0.230 e. The zero-order chi connectivity index (χ0) is 9.84. The summed E-state index contributed by atoms with van der Waals surface area (Å²) in [7, 11) is 0. The normalized spacial score (nSPS) is 18.9. The van der Waals surface area contributed by atoms with E-state index in [9.17, 15) is 9.59 Å². The first-order valence-electron chi connectivity index (χ1n) is 4.45. The van der Waals surface area contributed by atoms with Gasteiger partial charge >= 0.3 is 0 Å². The molecule has 0 N–H and O–H groups in total. The zero-order valence-electron chi connectivity index (χ0n) is 7.62. The fourth-order valence-electron chi connectivity index (χ4n) is 1.47. The standard InChI is InChI=1S/C9H12N2O2/c1-2-3-7(6-10)11-8(12)4-5-9(11)13/h7H,2-5H2,1H3. The Morgan fingerprint density at radius 3 is 2.38 bits per heavy atom. The molecule has 0 spiro atoms. The Labute approximate surface area is 77.1 Å². The number of carbonyl (C=O) groups excluding carboxylic acids is 2. The molecule has 0 aliphatic carbocycles. The number of rotatable bonds is 3. The molecule has 1 rings (SSSR count). The lowest BCUT2D eigenvalue weighted by Crippen LogP contribution is -2.38. The van der Waals surface area contributed by atoms with Crippen LogP contribution >= 0.6 is 0 Å². The van der Waals surface area contributed by atoms with Gasteiger partial charge < -0.3 is 0 Å². The van der Waals surface area contributed by atoms with E-state index in [1.54, 1.807) is 0 Å². The molecule has 1 fully saturated rings. The van der Waals surface area contributed by atoms with Gasteiger partial charge in [0.05, 0.1) is 6.07 Å². The lowest BCUT2D eigenvalue weighted by Gasteiger charge is -2.18. The molecule has 70 valence electrons. The highest BCUT2D eigenvalue weighted by atomic mass is 16.2. The molecule has 0 aromatic carbocycles. The third-order valence-corrected chi connectivity index (χ3v) is 2.11. The van der Waals surface area contributed by atoms with Crippen molar-refractivity contribution in [1.29, 1.82) is 5.26 Å². The van der Waals surface area contributed by atoms with Crippen LogP contribution in [0.4, 0.5) is 0 Å². The Balaban J connectivity index is 2.73. The van der Waals surface area contributed by atoms with Gasteiger partial charge in [-0.1, -0.05) is 13.3 Å². The molecule has 0 saturated carbocycles. The van der Waals surface area contributed by atoms with Crippen LogP contribution < -0.4 is 0 Å². The van der Waals surface area contributed by atoms with Crippen molar-refractivity contribution < 1.29 is 9.59 Å². The van der Waals surface area contributed by atoms with Crippen LogP contribution in [0.2, 0.25) is 0 Å². The second-order valence-electron chi connectivity index (χ2n) is 3.09. The lowest BCUT2D eigenvalue weighted by atomic mass is 10.1. The molecule has 1 unspecified atom stereocenters. The molecular weight excluding hydrogens is 168 g/mol. The Kier molecular flexibility index (Phi) is 3.02. The number of hydrogen-bond acceptors (Lipinski definition) is 3. The molecule has 4 heteroatoms. The molecule has 0 aromatic rings. The molecule has 0 radical (unpaired) electrons. The van der Waals surface area contributed by atoms with Crippen molar-refractivity contribution in [2.45, 2.75) is 38.6 Å². The fraction of sp³-hybridized carbons (Fsp3) is 0.667. The van der Waals surface area contributed by atoms with Crippen LogP contribution in [0, 0.1) is 11.3 Å². The molecule has 1 atom stereocenters. The van der Waals surface area contributed by atoms with Crippen LogP contribution in [-0.2, 0) is 9.59 Å². The van der Waals surface area contributed by atoms with E-state index >= 15 is 0 Å². The number of nitrogens with zero attached hydrogens (tertiary/aromatic N) is 2. The number of carbonyl (C=O) groups is 2. The largest absolute Gasteiger partial charge is 0.274 e. The molecule has 2 amide bonds. The summed E-state index contributed by atoms with van der Waals surface area (Å²) in [5.74, 6) is -0.407. The van der Waals surface area contributed by atoms with Crippen molar-refractivity contribution in [3.8, 4) is 6.07 Å². The Morgan fingerprint density at radius 1 is 1.46 bits per heavy atom. The highest BCUT2D eigenvalue weighted by Crippen LogP contribution is 2.17. The van der Waals surface area contributed by atoms with Gasteiger partial charge in [-0.2, -0.15) is 5.26 Å². The van der Waals surface area contributed by atoms with Crippen LogP contribution in [-0.4, -0.2) is 22.8 Å². The maximum atomic E-state index is 11.2. The second-order valence-corrected chi connectivity index (χ2v) is 3.09. The average Bonchev–Trinajstić information content (AvgIpc) is 2.43. The van der Waals surface area contributed by atoms with Gasteiger partial charge in [-0.15, -0.1) is 0 Å². The Morgan fingerprint density at radius 2 is 2.00 bits per heavy atom. The van der Waals surface area contributed by atoms with E-state index in [1.807, 2.05) is 13.0 Å². The van der Waals surface area contributed by atoms with E-state index in [4.69, 9.17) is 5.26 Å². The first kappa shape index (κ1) is 9.72. The monoisotopic (exact) mass is 180 g/mol. The van der Waals surface area contributed by atoms with E-state index in [0.717, 1.165) is 11.3 Å². The van der Waals surface area contributed by atoms with E-state index in [0.29, 0.717) is 6.42 Å². The molecule has 1 aliphatic heterocycles. The van der Waals surface area contributed by atoms with Crippen LogP contribution in [0.15, 0.2) is 0 Å². The number of likely N-dealkylation sites (tertiary alicyclic amines) is 1. The fourth-order valence-corrected chi connectivity index (χ4v) is 1.47. The van der Waals surface area contributed by atoms with Gasteiger partial charge in [0, 0.05) is 12.8 Å². The van der Waals surface area contributed by atoms with E-state index < -0.39 is 6.04 Å². The van der Waals surface area contributed by atoms with Crippen molar-refractivity contribution in [1.82, 2.24) is 4.90 Å². The summed E-state index contributed by atoms with van der Waals surface area (Å²) in [5.41, 5.74) is 0. The van der Waals surface area contributed by atoms with Crippen molar-refractivity contribution in [2.75, 3.05) is 0 Å². The molecule has 1 aliphatic rings. The predicted molar refractivity (Wildman–Crippen MR) is 45.4 cm³/mol. The zero-order valence-corrected chi connectivity index (χ0v) is 7.62. The van der Waals surface area contributed by atoms with Crippen molar-refractivity contribution in [3.05, 3.63) is 0 Å². The Hall–Kier alpha value is -1.37. The number of hydrogen-bond donors (Lipinski definition) is 0. The van der Waals surface area contributed by atoms with Gasteiger partial charge in [0.2, 0.25) is 11.8 Å². The first-order valence-corrected chi connectivity index (χ1v) is 4.45. The summed E-state index contributed by atoms with van der Waals surface area (Å²) < 4.78 is 0.